The van der Waals surface area contributed by atoms with Crippen LogP contribution in [0.3, 0.4) is 0 Å². The molecular weight excluding hydrogens is 233 g/mol. The lowest BCUT2D eigenvalue weighted by Crippen LogP contribution is -2.21. The highest BCUT2D eigenvalue weighted by molar-refractivity contribution is 6.32. The fraction of sp³-hybridized carbons (Fsp3) is 0.364. The Bertz CT molecular complexity index is 396. The third kappa shape index (κ3) is 3.71. The van der Waals surface area contributed by atoms with E-state index in [4.69, 9.17) is 34.4 Å². The van der Waals surface area contributed by atoms with E-state index in [2.05, 4.69) is 10.9 Å². The molecule has 0 amide bonds. The highest BCUT2D eigenvalue weighted by Crippen LogP contribution is 2.19. The van der Waals surface area contributed by atoms with Gasteiger partial charge in [0.05, 0.1) is 17.3 Å². The van der Waals surface area contributed by atoms with E-state index in [1.807, 2.05) is 0 Å². The number of terminal acetylenes is 1. The quantitative estimate of drug-likeness (QED) is 0.601. The number of aromatic nitrogens is 1. The zero-order valence-corrected chi connectivity index (χ0v) is 10.1. The standard InChI is InChI=1S/C11H11Cl2NO/c1-4-11(2,3)15-7-9-8(12)5-6-10(13)14-9/h1,5-6H,7H2,2-3H3. The number of halogens is 2. The molecule has 1 aromatic heterocycles. The van der Waals surface area contributed by atoms with Gasteiger partial charge in [-0.25, -0.2) is 4.98 Å². The van der Waals surface area contributed by atoms with Crippen molar-refractivity contribution in [2.24, 2.45) is 0 Å². The maximum absolute atomic E-state index is 5.92. The summed E-state index contributed by atoms with van der Waals surface area (Å²) in [6.45, 7) is 3.84. The van der Waals surface area contributed by atoms with E-state index < -0.39 is 5.60 Å². The Morgan fingerprint density at radius 1 is 1.47 bits per heavy atom. The Kier molecular flexibility index (Phi) is 3.98. The summed E-state index contributed by atoms with van der Waals surface area (Å²) < 4.78 is 5.46. The van der Waals surface area contributed by atoms with Crippen LogP contribution in [-0.2, 0) is 11.3 Å². The third-order valence-electron chi connectivity index (χ3n) is 1.80. The highest BCUT2D eigenvalue weighted by Gasteiger charge is 2.15. The van der Waals surface area contributed by atoms with Crippen LogP contribution in [0.15, 0.2) is 12.1 Å². The molecule has 0 N–H and O–H groups in total. The van der Waals surface area contributed by atoms with E-state index in [1.54, 1.807) is 26.0 Å². The third-order valence-corrected chi connectivity index (χ3v) is 2.36. The van der Waals surface area contributed by atoms with Crippen LogP contribution in [0.1, 0.15) is 19.5 Å². The number of hydrogen-bond donors (Lipinski definition) is 0. The van der Waals surface area contributed by atoms with Gasteiger partial charge < -0.3 is 4.74 Å². The van der Waals surface area contributed by atoms with Crippen molar-refractivity contribution in [1.82, 2.24) is 4.98 Å². The molecule has 0 saturated carbocycles. The molecule has 0 aromatic carbocycles. The van der Waals surface area contributed by atoms with E-state index in [1.165, 1.54) is 0 Å². The first-order valence-electron chi connectivity index (χ1n) is 4.37. The molecule has 1 rings (SSSR count). The van der Waals surface area contributed by atoms with E-state index in [0.717, 1.165) is 0 Å². The first-order valence-corrected chi connectivity index (χ1v) is 5.13. The van der Waals surface area contributed by atoms with Gasteiger partial charge in [0.2, 0.25) is 0 Å². The second-order valence-electron chi connectivity index (χ2n) is 3.51. The van der Waals surface area contributed by atoms with Crippen LogP contribution in [0, 0.1) is 12.3 Å². The van der Waals surface area contributed by atoms with Gasteiger partial charge in [0.25, 0.3) is 0 Å². The molecule has 0 radical (unpaired) electrons. The molecule has 0 atom stereocenters. The van der Waals surface area contributed by atoms with Crippen molar-refractivity contribution in [1.29, 1.82) is 0 Å². The second-order valence-corrected chi connectivity index (χ2v) is 4.30. The van der Waals surface area contributed by atoms with Crippen LogP contribution in [0.4, 0.5) is 0 Å². The van der Waals surface area contributed by atoms with Gasteiger partial charge in [-0.3, -0.25) is 0 Å². The lowest BCUT2D eigenvalue weighted by molar-refractivity contribution is 0.0129. The topological polar surface area (TPSA) is 22.1 Å². The first-order chi connectivity index (χ1) is 6.94. The Morgan fingerprint density at radius 2 is 2.13 bits per heavy atom. The number of hydrogen-bond acceptors (Lipinski definition) is 2. The summed E-state index contributed by atoms with van der Waals surface area (Å²) in [4.78, 5) is 4.05. The maximum Gasteiger partial charge on any atom is 0.129 e. The predicted molar refractivity (Wildman–Crippen MR) is 62.0 cm³/mol. The summed E-state index contributed by atoms with van der Waals surface area (Å²) in [5.41, 5.74) is -0.0414. The summed E-state index contributed by atoms with van der Waals surface area (Å²) >= 11 is 11.7. The van der Waals surface area contributed by atoms with Gasteiger partial charge in [-0.1, -0.05) is 29.1 Å². The molecule has 15 heavy (non-hydrogen) atoms. The van der Waals surface area contributed by atoms with Crippen LogP contribution in [0.5, 0.6) is 0 Å². The van der Waals surface area contributed by atoms with E-state index >= 15 is 0 Å². The van der Waals surface area contributed by atoms with Crippen molar-refractivity contribution in [2.45, 2.75) is 26.1 Å². The van der Waals surface area contributed by atoms with Crippen molar-refractivity contribution >= 4 is 23.2 Å². The Balaban J connectivity index is 2.74. The number of pyridine rings is 1. The highest BCUT2D eigenvalue weighted by atomic mass is 35.5. The van der Waals surface area contributed by atoms with Crippen LogP contribution in [0.2, 0.25) is 10.2 Å². The van der Waals surface area contributed by atoms with Crippen molar-refractivity contribution in [3.8, 4) is 12.3 Å². The van der Waals surface area contributed by atoms with Crippen molar-refractivity contribution in [3.63, 3.8) is 0 Å². The molecule has 0 aliphatic rings. The Hall–Kier alpha value is -0.750. The normalized spacial score (nSPS) is 11.1. The van der Waals surface area contributed by atoms with Crippen LogP contribution < -0.4 is 0 Å². The number of ether oxygens (including phenoxy) is 1. The Morgan fingerprint density at radius 3 is 2.73 bits per heavy atom. The van der Waals surface area contributed by atoms with Crippen molar-refractivity contribution in [2.75, 3.05) is 0 Å². The Labute approximate surface area is 99.6 Å². The molecule has 0 aliphatic carbocycles. The summed E-state index contributed by atoms with van der Waals surface area (Å²) in [6, 6.07) is 3.30. The van der Waals surface area contributed by atoms with Crippen molar-refractivity contribution in [3.05, 3.63) is 28.0 Å². The lowest BCUT2D eigenvalue weighted by atomic mass is 10.1. The fourth-order valence-electron chi connectivity index (χ4n) is 0.849. The minimum Gasteiger partial charge on any atom is -0.357 e. The van der Waals surface area contributed by atoms with E-state index in [-0.39, 0.29) is 6.61 Å². The molecule has 80 valence electrons. The number of nitrogens with zero attached hydrogens (tertiary/aromatic N) is 1. The van der Waals surface area contributed by atoms with Gasteiger partial charge in [0.15, 0.2) is 0 Å². The van der Waals surface area contributed by atoms with Crippen LogP contribution in [0.25, 0.3) is 0 Å². The molecule has 0 bridgehead atoms. The van der Waals surface area contributed by atoms with Gasteiger partial charge >= 0.3 is 0 Å². The summed E-state index contributed by atoms with van der Waals surface area (Å²) in [5.74, 6) is 2.52. The molecule has 0 saturated heterocycles. The van der Waals surface area contributed by atoms with Gasteiger partial charge in [0, 0.05) is 0 Å². The van der Waals surface area contributed by atoms with Crippen LogP contribution >= 0.6 is 23.2 Å². The SMILES string of the molecule is C#CC(C)(C)OCc1nc(Cl)ccc1Cl. The van der Waals surface area contributed by atoms with Gasteiger partial charge in [-0.05, 0) is 26.0 Å². The molecule has 4 heteroatoms. The average molecular weight is 244 g/mol. The monoisotopic (exact) mass is 243 g/mol. The zero-order valence-electron chi connectivity index (χ0n) is 8.55. The predicted octanol–water partition coefficient (Wildman–Crippen LogP) is 3.32. The van der Waals surface area contributed by atoms with Gasteiger partial charge in [-0.15, -0.1) is 6.42 Å². The van der Waals surface area contributed by atoms with E-state index in [0.29, 0.717) is 15.9 Å². The molecule has 0 fully saturated rings. The zero-order chi connectivity index (χ0) is 11.5. The minimum absolute atomic E-state index is 0.247. The molecule has 1 aromatic rings. The molecule has 0 aliphatic heterocycles. The maximum atomic E-state index is 5.92. The molecular formula is C11H11Cl2NO. The summed E-state index contributed by atoms with van der Waals surface area (Å²) in [6.07, 6.45) is 5.28. The largest absolute Gasteiger partial charge is 0.357 e. The number of rotatable bonds is 3. The minimum atomic E-state index is -0.632. The van der Waals surface area contributed by atoms with Gasteiger partial charge in [0.1, 0.15) is 10.8 Å². The molecule has 1 heterocycles. The average Bonchev–Trinajstić information content (AvgIpc) is 2.20. The first kappa shape index (κ1) is 12.3. The second kappa shape index (κ2) is 4.85. The molecule has 2 nitrogen and oxygen atoms in total. The van der Waals surface area contributed by atoms with Crippen molar-refractivity contribution < 1.29 is 4.74 Å². The lowest BCUT2D eigenvalue weighted by Gasteiger charge is -2.18. The summed E-state index contributed by atoms with van der Waals surface area (Å²) in [5, 5.41) is 0.906. The fourth-order valence-corrected chi connectivity index (χ4v) is 1.17. The van der Waals surface area contributed by atoms with Gasteiger partial charge in [-0.2, -0.15) is 0 Å². The summed E-state index contributed by atoms with van der Waals surface area (Å²) in [7, 11) is 0. The smallest absolute Gasteiger partial charge is 0.129 e. The van der Waals surface area contributed by atoms with Crippen LogP contribution in [-0.4, -0.2) is 10.6 Å². The van der Waals surface area contributed by atoms with E-state index in [9.17, 15) is 0 Å². The molecule has 0 unspecified atom stereocenters. The molecule has 0 spiro atoms.